The molecule has 32 heavy (non-hydrogen) atoms. The summed E-state index contributed by atoms with van der Waals surface area (Å²) in [5, 5.41) is 0.364. The van der Waals surface area contributed by atoms with Crippen LogP contribution in [-0.2, 0) is 21.4 Å². The van der Waals surface area contributed by atoms with Crippen LogP contribution in [0.4, 0.5) is 13.2 Å². The molecule has 0 aliphatic heterocycles. The zero-order chi connectivity index (χ0) is 23.5. The lowest BCUT2D eigenvalue weighted by molar-refractivity contribution is -0.274. The standard InChI is InChI=1S/C21H22ClF3N2O4S/c22-15-7-11-17(12-8-15)32(29,30)27(19-4-2-1-3-18(19)20(26)28)13-14-5-9-16(10-6-14)31-21(23,24)25/h5-12,18-19H,1-4,13H2,(H2,26,28). The quantitative estimate of drug-likeness (QED) is 0.620. The number of halogens is 4. The van der Waals surface area contributed by atoms with Crippen molar-refractivity contribution in [3.05, 3.63) is 59.1 Å². The summed E-state index contributed by atoms with van der Waals surface area (Å²) >= 11 is 5.88. The first-order valence-electron chi connectivity index (χ1n) is 9.89. The Morgan fingerprint density at radius 2 is 1.66 bits per heavy atom. The highest BCUT2D eigenvalue weighted by Crippen LogP contribution is 2.34. The molecular weight excluding hydrogens is 469 g/mol. The highest BCUT2D eigenvalue weighted by molar-refractivity contribution is 7.89. The van der Waals surface area contributed by atoms with Crippen LogP contribution in [0.3, 0.4) is 0 Å². The topological polar surface area (TPSA) is 89.7 Å². The Balaban J connectivity index is 1.97. The van der Waals surface area contributed by atoms with Gasteiger partial charge >= 0.3 is 6.36 Å². The fourth-order valence-corrected chi connectivity index (χ4v) is 5.69. The Labute approximate surface area is 189 Å². The highest BCUT2D eigenvalue weighted by Gasteiger charge is 2.40. The molecular formula is C21H22ClF3N2O4S. The van der Waals surface area contributed by atoms with Gasteiger partial charge in [-0.25, -0.2) is 8.42 Å². The van der Waals surface area contributed by atoms with Gasteiger partial charge in [0.05, 0.1) is 10.8 Å². The third-order valence-electron chi connectivity index (χ3n) is 5.38. The minimum atomic E-state index is -4.83. The molecule has 3 rings (SSSR count). The molecule has 1 fully saturated rings. The molecule has 2 aromatic rings. The smallest absolute Gasteiger partial charge is 0.406 e. The van der Waals surface area contributed by atoms with Crippen LogP contribution in [0, 0.1) is 5.92 Å². The van der Waals surface area contributed by atoms with Crippen molar-refractivity contribution in [1.29, 1.82) is 0 Å². The maximum atomic E-state index is 13.5. The first kappa shape index (κ1) is 24.3. The summed E-state index contributed by atoms with van der Waals surface area (Å²) in [6.07, 6.45) is -2.45. The summed E-state index contributed by atoms with van der Waals surface area (Å²) in [5.41, 5.74) is 6.00. The second-order valence-corrected chi connectivity index (χ2v) is 9.88. The molecule has 6 nitrogen and oxygen atoms in total. The molecule has 11 heteroatoms. The number of sulfonamides is 1. The van der Waals surface area contributed by atoms with Crippen LogP contribution in [0.25, 0.3) is 0 Å². The number of benzene rings is 2. The van der Waals surface area contributed by atoms with E-state index in [4.69, 9.17) is 17.3 Å². The Morgan fingerprint density at radius 3 is 2.22 bits per heavy atom. The molecule has 2 atom stereocenters. The average molecular weight is 491 g/mol. The molecule has 2 unspecified atom stereocenters. The van der Waals surface area contributed by atoms with Gasteiger partial charge in [0.25, 0.3) is 0 Å². The molecule has 0 spiro atoms. The largest absolute Gasteiger partial charge is 0.573 e. The fourth-order valence-electron chi connectivity index (χ4n) is 3.89. The van der Waals surface area contributed by atoms with Crippen molar-refractivity contribution in [2.75, 3.05) is 0 Å². The van der Waals surface area contributed by atoms with Gasteiger partial charge in [-0.15, -0.1) is 13.2 Å². The summed E-state index contributed by atoms with van der Waals surface area (Å²) in [4.78, 5) is 12.1. The summed E-state index contributed by atoms with van der Waals surface area (Å²) in [6.45, 7) is -0.147. The fraction of sp³-hybridized carbons (Fsp3) is 0.381. The van der Waals surface area contributed by atoms with E-state index in [9.17, 15) is 26.4 Å². The van der Waals surface area contributed by atoms with E-state index in [1.165, 1.54) is 40.7 Å². The second kappa shape index (κ2) is 9.68. The van der Waals surface area contributed by atoms with Gasteiger partial charge in [0.2, 0.25) is 15.9 Å². The van der Waals surface area contributed by atoms with Gasteiger partial charge in [-0.2, -0.15) is 4.31 Å². The molecule has 1 aliphatic rings. The lowest BCUT2D eigenvalue weighted by atomic mass is 9.84. The second-order valence-electron chi connectivity index (χ2n) is 7.56. The normalized spacial score (nSPS) is 19.7. The predicted octanol–water partition coefficient (Wildman–Crippen LogP) is 4.47. The molecule has 1 amide bonds. The van der Waals surface area contributed by atoms with Crippen molar-refractivity contribution in [2.24, 2.45) is 11.7 Å². The average Bonchev–Trinajstić information content (AvgIpc) is 2.72. The molecule has 0 radical (unpaired) electrons. The van der Waals surface area contributed by atoms with Crippen molar-refractivity contribution in [3.63, 3.8) is 0 Å². The zero-order valence-corrected chi connectivity index (χ0v) is 18.5. The monoisotopic (exact) mass is 490 g/mol. The van der Waals surface area contributed by atoms with Crippen LogP contribution in [0.5, 0.6) is 5.75 Å². The number of carbonyl (C=O) groups is 1. The molecule has 1 aliphatic carbocycles. The van der Waals surface area contributed by atoms with E-state index < -0.39 is 40.0 Å². The predicted molar refractivity (Wildman–Crippen MR) is 112 cm³/mol. The first-order valence-corrected chi connectivity index (χ1v) is 11.7. The molecule has 174 valence electrons. The Morgan fingerprint density at radius 1 is 1.06 bits per heavy atom. The summed E-state index contributed by atoms with van der Waals surface area (Å²) in [7, 11) is -4.07. The summed E-state index contributed by atoms with van der Waals surface area (Å²) in [6, 6.07) is 9.89. The van der Waals surface area contributed by atoms with Gasteiger partial charge < -0.3 is 10.5 Å². The van der Waals surface area contributed by atoms with E-state index in [1.807, 2.05) is 0 Å². The molecule has 0 bridgehead atoms. The molecule has 0 saturated heterocycles. The SMILES string of the molecule is NC(=O)C1CCCCC1N(Cc1ccc(OC(F)(F)F)cc1)S(=O)(=O)c1ccc(Cl)cc1. The summed E-state index contributed by atoms with van der Waals surface area (Å²) < 4.78 is 69.4. The Hall–Kier alpha value is -2.30. The van der Waals surface area contributed by atoms with Crippen LogP contribution in [0.15, 0.2) is 53.4 Å². The zero-order valence-electron chi connectivity index (χ0n) is 16.9. The number of primary amides is 1. The molecule has 0 heterocycles. The maximum absolute atomic E-state index is 13.5. The van der Waals surface area contributed by atoms with Gasteiger partial charge in [-0.05, 0) is 54.8 Å². The number of hydrogen-bond donors (Lipinski definition) is 1. The van der Waals surface area contributed by atoms with E-state index in [1.54, 1.807) is 0 Å². The van der Waals surface area contributed by atoms with E-state index in [0.29, 0.717) is 23.4 Å². The van der Waals surface area contributed by atoms with Gasteiger partial charge in [-0.1, -0.05) is 36.6 Å². The number of rotatable bonds is 7. The summed E-state index contributed by atoms with van der Waals surface area (Å²) in [5.74, 6) is -1.67. The molecule has 1 saturated carbocycles. The van der Waals surface area contributed by atoms with Crippen molar-refractivity contribution < 1.29 is 31.1 Å². The van der Waals surface area contributed by atoms with Crippen LogP contribution in [0.2, 0.25) is 5.02 Å². The Kier molecular flexibility index (Phi) is 7.36. The minimum absolute atomic E-state index is 0.00674. The van der Waals surface area contributed by atoms with Gasteiger partial charge in [-0.3, -0.25) is 4.79 Å². The van der Waals surface area contributed by atoms with E-state index in [0.717, 1.165) is 25.0 Å². The molecule has 2 N–H and O–H groups in total. The number of amides is 1. The van der Waals surface area contributed by atoms with E-state index >= 15 is 0 Å². The third-order valence-corrected chi connectivity index (χ3v) is 7.52. The minimum Gasteiger partial charge on any atom is -0.406 e. The lowest BCUT2D eigenvalue weighted by Crippen LogP contribution is -2.49. The molecule has 0 aromatic heterocycles. The van der Waals surface area contributed by atoms with Crippen molar-refractivity contribution in [3.8, 4) is 5.75 Å². The van der Waals surface area contributed by atoms with Crippen LogP contribution < -0.4 is 10.5 Å². The van der Waals surface area contributed by atoms with Crippen molar-refractivity contribution in [1.82, 2.24) is 4.31 Å². The van der Waals surface area contributed by atoms with E-state index in [2.05, 4.69) is 4.74 Å². The van der Waals surface area contributed by atoms with Gasteiger partial charge in [0, 0.05) is 17.6 Å². The number of hydrogen-bond acceptors (Lipinski definition) is 4. The number of nitrogens with two attached hydrogens (primary N) is 1. The van der Waals surface area contributed by atoms with E-state index in [-0.39, 0.29) is 11.4 Å². The van der Waals surface area contributed by atoms with Crippen LogP contribution in [0.1, 0.15) is 31.2 Å². The van der Waals surface area contributed by atoms with Gasteiger partial charge in [0.15, 0.2) is 0 Å². The third kappa shape index (κ3) is 5.93. The van der Waals surface area contributed by atoms with Crippen LogP contribution >= 0.6 is 11.6 Å². The number of carbonyl (C=O) groups excluding carboxylic acids is 1. The molecule has 2 aromatic carbocycles. The number of alkyl halides is 3. The van der Waals surface area contributed by atoms with Crippen LogP contribution in [-0.4, -0.2) is 31.0 Å². The maximum Gasteiger partial charge on any atom is 0.573 e. The lowest BCUT2D eigenvalue weighted by Gasteiger charge is -2.38. The Bertz CT molecular complexity index is 1040. The number of ether oxygens (including phenoxy) is 1. The first-order chi connectivity index (χ1) is 15.0. The van der Waals surface area contributed by atoms with Crippen molar-refractivity contribution >= 4 is 27.5 Å². The highest BCUT2D eigenvalue weighted by atomic mass is 35.5. The van der Waals surface area contributed by atoms with Crippen molar-refractivity contribution in [2.45, 2.75) is 49.5 Å². The van der Waals surface area contributed by atoms with Gasteiger partial charge in [0.1, 0.15) is 5.75 Å². The number of nitrogens with zero attached hydrogens (tertiary/aromatic N) is 1.